The number of fused-ring (bicyclic) bond motifs is 1. The van der Waals surface area contributed by atoms with Gasteiger partial charge in [-0.1, -0.05) is 6.07 Å². The minimum Gasteiger partial charge on any atom is -0.369 e. The normalized spacial score (nSPS) is 11.1. The van der Waals surface area contributed by atoms with Gasteiger partial charge in [-0.25, -0.2) is 13.8 Å². The molecule has 0 amide bonds. The third kappa shape index (κ3) is 1.83. The number of aryl methyl sites for hydroxylation is 1. The first-order chi connectivity index (χ1) is 9.06. The molecule has 3 nitrogen and oxygen atoms in total. The van der Waals surface area contributed by atoms with Gasteiger partial charge in [0.05, 0.1) is 16.7 Å². The summed E-state index contributed by atoms with van der Waals surface area (Å²) in [4.78, 5) is 4.13. The molecule has 5 heteroatoms. The highest BCUT2D eigenvalue weighted by molar-refractivity contribution is 5.80. The van der Waals surface area contributed by atoms with E-state index < -0.39 is 0 Å². The maximum Gasteiger partial charge on any atom is 0.205 e. The molecule has 96 valence electrons. The van der Waals surface area contributed by atoms with Crippen molar-refractivity contribution < 1.29 is 8.78 Å². The number of rotatable bonds is 1. The Balaban J connectivity index is 2.31. The summed E-state index contributed by atoms with van der Waals surface area (Å²) in [5.41, 5.74) is 7.98. The minimum absolute atomic E-state index is 0.198. The van der Waals surface area contributed by atoms with Gasteiger partial charge in [-0.3, -0.25) is 4.57 Å². The number of imidazole rings is 1. The van der Waals surface area contributed by atoms with E-state index in [9.17, 15) is 8.78 Å². The van der Waals surface area contributed by atoms with Gasteiger partial charge in [0.2, 0.25) is 5.95 Å². The summed E-state index contributed by atoms with van der Waals surface area (Å²) in [6.45, 7) is 1.67. The second-order valence-corrected chi connectivity index (χ2v) is 4.37. The van der Waals surface area contributed by atoms with E-state index in [1.54, 1.807) is 25.1 Å². The fourth-order valence-electron chi connectivity index (χ4n) is 2.06. The van der Waals surface area contributed by atoms with Gasteiger partial charge in [0.1, 0.15) is 11.6 Å². The zero-order valence-electron chi connectivity index (χ0n) is 10.2. The molecule has 0 aliphatic rings. The number of halogens is 2. The molecule has 0 atom stereocenters. The average molecular weight is 259 g/mol. The van der Waals surface area contributed by atoms with E-state index >= 15 is 0 Å². The number of benzene rings is 2. The third-order valence-electron chi connectivity index (χ3n) is 3.06. The first kappa shape index (κ1) is 11.6. The fraction of sp³-hybridized carbons (Fsp3) is 0.0714. The predicted molar refractivity (Wildman–Crippen MR) is 70.1 cm³/mol. The molecular weight excluding hydrogens is 248 g/mol. The molecule has 0 bridgehead atoms. The summed E-state index contributed by atoms with van der Waals surface area (Å²) in [6.07, 6.45) is 0. The predicted octanol–water partition coefficient (Wildman–Crippen LogP) is 3.19. The van der Waals surface area contributed by atoms with Gasteiger partial charge in [0.25, 0.3) is 0 Å². The first-order valence-electron chi connectivity index (χ1n) is 5.76. The Bertz CT molecular complexity index is 778. The molecule has 0 saturated carbocycles. The second kappa shape index (κ2) is 4.05. The van der Waals surface area contributed by atoms with Crippen molar-refractivity contribution in [3.05, 3.63) is 53.6 Å². The van der Waals surface area contributed by atoms with Crippen LogP contribution in [0.15, 0.2) is 36.4 Å². The van der Waals surface area contributed by atoms with Crippen LogP contribution >= 0.6 is 0 Å². The van der Waals surface area contributed by atoms with Crippen LogP contribution in [0, 0.1) is 18.6 Å². The van der Waals surface area contributed by atoms with Gasteiger partial charge < -0.3 is 5.73 Å². The molecule has 0 fully saturated rings. The number of anilines is 1. The van der Waals surface area contributed by atoms with Crippen molar-refractivity contribution >= 4 is 17.0 Å². The lowest BCUT2D eigenvalue weighted by molar-refractivity contribution is 0.617. The van der Waals surface area contributed by atoms with Gasteiger partial charge in [-0.05, 0) is 36.8 Å². The molecule has 2 N–H and O–H groups in total. The Hall–Kier alpha value is -2.43. The smallest absolute Gasteiger partial charge is 0.205 e. The minimum atomic E-state index is -0.388. The number of hydrogen-bond donors (Lipinski definition) is 1. The van der Waals surface area contributed by atoms with Crippen LogP contribution in [-0.2, 0) is 0 Å². The van der Waals surface area contributed by atoms with Crippen molar-refractivity contribution in [1.82, 2.24) is 9.55 Å². The molecule has 3 aromatic rings. The maximum atomic E-state index is 13.6. The molecule has 0 radical (unpaired) electrons. The molecule has 19 heavy (non-hydrogen) atoms. The molecule has 2 aromatic carbocycles. The van der Waals surface area contributed by atoms with Gasteiger partial charge in [0.15, 0.2) is 0 Å². The van der Waals surface area contributed by atoms with Crippen LogP contribution in [0.5, 0.6) is 0 Å². The summed E-state index contributed by atoms with van der Waals surface area (Å²) in [6, 6.07) is 8.92. The molecule has 0 unspecified atom stereocenters. The largest absolute Gasteiger partial charge is 0.369 e. The molecule has 0 aliphatic heterocycles. The molecule has 1 aromatic heterocycles. The highest BCUT2D eigenvalue weighted by Crippen LogP contribution is 2.24. The van der Waals surface area contributed by atoms with Crippen molar-refractivity contribution in [1.29, 1.82) is 0 Å². The van der Waals surface area contributed by atoms with Crippen molar-refractivity contribution in [2.75, 3.05) is 5.73 Å². The number of hydrogen-bond acceptors (Lipinski definition) is 2. The first-order valence-corrected chi connectivity index (χ1v) is 5.76. The lowest BCUT2D eigenvalue weighted by Crippen LogP contribution is -2.01. The fourth-order valence-corrected chi connectivity index (χ4v) is 2.06. The highest BCUT2D eigenvalue weighted by Gasteiger charge is 2.11. The standard InChI is InChI=1S/C14H11F2N3/c1-8-2-4-10(7-11(8)16)19-13-6-9(15)3-5-12(13)18-14(19)17/h2-7H,1H3,(H2,17,18). The summed E-state index contributed by atoms with van der Waals surface area (Å²) in [5, 5.41) is 0. The Morgan fingerprint density at radius 3 is 2.63 bits per heavy atom. The zero-order chi connectivity index (χ0) is 13.6. The van der Waals surface area contributed by atoms with Crippen molar-refractivity contribution in [3.63, 3.8) is 0 Å². The highest BCUT2D eigenvalue weighted by atomic mass is 19.1. The average Bonchev–Trinajstić information content (AvgIpc) is 2.68. The van der Waals surface area contributed by atoms with Gasteiger partial charge in [0, 0.05) is 6.07 Å². The van der Waals surface area contributed by atoms with Gasteiger partial charge >= 0.3 is 0 Å². The van der Waals surface area contributed by atoms with Gasteiger partial charge in [-0.2, -0.15) is 0 Å². The van der Waals surface area contributed by atoms with Crippen LogP contribution in [0.25, 0.3) is 16.7 Å². The van der Waals surface area contributed by atoms with Crippen LogP contribution in [-0.4, -0.2) is 9.55 Å². The van der Waals surface area contributed by atoms with Crippen molar-refractivity contribution in [2.24, 2.45) is 0 Å². The van der Waals surface area contributed by atoms with Crippen LogP contribution in [0.2, 0.25) is 0 Å². The van der Waals surface area contributed by atoms with E-state index in [0.29, 0.717) is 22.3 Å². The topological polar surface area (TPSA) is 43.8 Å². The molecule has 0 aliphatic carbocycles. The molecule has 1 heterocycles. The SMILES string of the molecule is Cc1ccc(-n2c(N)nc3ccc(F)cc32)cc1F. The second-order valence-electron chi connectivity index (χ2n) is 4.37. The van der Waals surface area contributed by atoms with E-state index in [2.05, 4.69) is 4.98 Å². The monoisotopic (exact) mass is 259 g/mol. The Morgan fingerprint density at radius 2 is 1.89 bits per heavy atom. The number of nitrogens with two attached hydrogens (primary N) is 1. The third-order valence-corrected chi connectivity index (χ3v) is 3.06. The molecule has 0 spiro atoms. The molecule has 3 rings (SSSR count). The molecule has 0 saturated heterocycles. The quantitative estimate of drug-likeness (QED) is 0.729. The van der Waals surface area contributed by atoms with E-state index in [1.807, 2.05) is 0 Å². The van der Waals surface area contributed by atoms with E-state index in [-0.39, 0.29) is 17.6 Å². The Kier molecular flexibility index (Phi) is 2.48. The van der Waals surface area contributed by atoms with Crippen molar-refractivity contribution in [3.8, 4) is 5.69 Å². The summed E-state index contributed by atoms with van der Waals surface area (Å²) in [7, 11) is 0. The van der Waals surface area contributed by atoms with E-state index in [0.717, 1.165) is 0 Å². The lowest BCUT2D eigenvalue weighted by atomic mass is 10.2. The molecular formula is C14H11F2N3. The Morgan fingerprint density at radius 1 is 1.11 bits per heavy atom. The Labute approximate surface area is 108 Å². The summed E-state index contributed by atoms with van der Waals surface area (Å²) < 4.78 is 28.5. The number of nitrogens with zero attached hydrogens (tertiary/aromatic N) is 2. The van der Waals surface area contributed by atoms with E-state index in [4.69, 9.17) is 5.73 Å². The summed E-state index contributed by atoms with van der Waals surface area (Å²) in [5.74, 6) is -0.528. The van der Waals surface area contributed by atoms with Crippen LogP contribution in [0.1, 0.15) is 5.56 Å². The number of nitrogen functional groups attached to an aromatic ring is 1. The maximum absolute atomic E-state index is 13.6. The van der Waals surface area contributed by atoms with Crippen LogP contribution in [0.3, 0.4) is 0 Å². The van der Waals surface area contributed by atoms with E-state index in [1.165, 1.54) is 22.8 Å². The van der Waals surface area contributed by atoms with Crippen molar-refractivity contribution in [2.45, 2.75) is 6.92 Å². The zero-order valence-corrected chi connectivity index (χ0v) is 10.2. The summed E-state index contributed by atoms with van der Waals surface area (Å²) >= 11 is 0. The van der Waals surface area contributed by atoms with Gasteiger partial charge in [-0.15, -0.1) is 0 Å². The lowest BCUT2D eigenvalue weighted by Gasteiger charge is -2.07. The van der Waals surface area contributed by atoms with Crippen LogP contribution < -0.4 is 5.73 Å². The number of aromatic nitrogens is 2. The van der Waals surface area contributed by atoms with Crippen LogP contribution in [0.4, 0.5) is 14.7 Å².